The molecule has 3 aromatic rings. The zero-order valence-corrected chi connectivity index (χ0v) is 25.5. The average Bonchev–Trinajstić information content (AvgIpc) is 2.94. The number of benzene rings is 3. The van der Waals surface area contributed by atoms with Crippen molar-refractivity contribution in [3.63, 3.8) is 0 Å². The molecule has 0 fully saturated rings. The lowest BCUT2D eigenvalue weighted by Crippen LogP contribution is -2.59. The predicted octanol–water partition coefficient (Wildman–Crippen LogP) is 4.01. The van der Waals surface area contributed by atoms with Crippen molar-refractivity contribution in [1.82, 2.24) is 5.48 Å². The van der Waals surface area contributed by atoms with E-state index in [0.717, 1.165) is 17.9 Å². The number of fused-ring (bicyclic) bond motifs is 2. The van der Waals surface area contributed by atoms with Crippen LogP contribution in [0.25, 0.3) is 0 Å². The highest BCUT2D eigenvalue weighted by Gasteiger charge is 2.54. The quantitative estimate of drug-likeness (QED) is 0.224. The molecule has 13 heteroatoms. The van der Waals surface area contributed by atoms with Crippen LogP contribution in [0.15, 0.2) is 82.1 Å². The largest absolute Gasteiger partial charge is 0.341 e. The standard InChI is InChI=1S/C30H32N4O7S2/c1-19(2)15-16-30(34-41-18-20-9-5-4-6-10-20)23-12-8-7-11-22(23)27(35)26(28(30)36)29-31-24-14-13-21(32-42(3,37)38)17-25(24)43(39,40)33-29/h4-14,17,19,26,32,34H,15-16,18H2,1-3H3,(H,31,33). The number of anilines is 2. The zero-order valence-electron chi connectivity index (χ0n) is 23.8. The number of sulfonamides is 2. The molecule has 5 rings (SSSR count). The summed E-state index contributed by atoms with van der Waals surface area (Å²) in [6.45, 7) is 4.18. The number of hydrogen-bond acceptors (Lipinski definition) is 9. The number of carbonyl (C=O) groups excluding carboxylic acids is 2. The van der Waals surface area contributed by atoms with Gasteiger partial charge < -0.3 is 5.32 Å². The molecule has 2 aliphatic rings. The van der Waals surface area contributed by atoms with E-state index in [0.29, 0.717) is 12.0 Å². The Labute approximate surface area is 250 Å². The fourth-order valence-corrected chi connectivity index (χ4v) is 7.03. The lowest BCUT2D eigenvalue weighted by Gasteiger charge is -2.41. The fourth-order valence-electron chi connectivity index (χ4n) is 5.29. The van der Waals surface area contributed by atoms with Gasteiger partial charge in [-0.25, -0.2) is 8.42 Å². The van der Waals surface area contributed by atoms with Crippen molar-refractivity contribution in [3.8, 4) is 0 Å². The van der Waals surface area contributed by atoms with Gasteiger partial charge in [-0.2, -0.15) is 13.9 Å². The average molecular weight is 625 g/mol. The molecule has 0 amide bonds. The second kappa shape index (κ2) is 11.6. The van der Waals surface area contributed by atoms with Gasteiger partial charge >= 0.3 is 0 Å². The summed E-state index contributed by atoms with van der Waals surface area (Å²) in [6.07, 6.45) is 1.81. The summed E-state index contributed by atoms with van der Waals surface area (Å²) in [5, 5.41) is 2.87. The first-order valence-corrected chi connectivity index (χ1v) is 17.0. The van der Waals surface area contributed by atoms with Gasteiger partial charge in [0, 0.05) is 11.3 Å². The van der Waals surface area contributed by atoms with Crippen LogP contribution in [0.3, 0.4) is 0 Å². The first kappa shape index (κ1) is 30.5. The number of nitrogens with zero attached hydrogens (tertiary/aromatic N) is 1. The van der Waals surface area contributed by atoms with Gasteiger partial charge in [0.05, 0.1) is 18.6 Å². The van der Waals surface area contributed by atoms with Crippen molar-refractivity contribution in [2.24, 2.45) is 16.2 Å². The van der Waals surface area contributed by atoms with Crippen molar-refractivity contribution < 1.29 is 31.3 Å². The SMILES string of the molecule is CC(C)CCC1(NOCc2ccccc2)C(=O)C(C2=NS(=O)(=O)c3cc(NS(C)(=O)=O)ccc3N2)C(=O)c2ccccc21. The van der Waals surface area contributed by atoms with Gasteiger partial charge in [-0.3, -0.25) is 19.1 Å². The minimum Gasteiger partial charge on any atom is -0.341 e. The number of amidine groups is 1. The zero-order chi connectivity index (χ0) is 31.0. The molecule has 0 aromatic heterocycles. The van der Waals surface area contributed by atoms with Crippen LogP contribution in [-0.4, -0.2) is 40.5 Å². The summed E-state index contributed by atoms with van der Waals surface area (Å²) >= 11 is 0. The molecule has 0 radical (unpaired) electrons. The van der Waals surface area contributed by atoms with E-state index in [1.165, 1.54) is 12.1 Å². The van der Waals surface area contributed by atoms with E-state index < -0.39 is 43.1 Å². The monoisotopic (exact) mass is 624 g/mol. The molecule has 3 N–H and O–H groups in total. The van der Waals surface area contributed by atoms with E-state index in [1.807, 2.05) is 44.2 Å². The summed E-state index contributed by atoms with van der Waals surface area (Å²) in [5.74, 6) is -2.89. The molecule has 43 heavy (non-hydrogen) atoms. The minimum atomic E-state index is -4.42. The van der Waals surface area contributed by atoms with E-state index in [4.69, 9.17) is 4.84 Å². The lowest BCUT2D eigenvalue weighted by atomic mass is 9.67. The Morgan fingerprint density at radius 1 is 1.02 bits per heavy atom. The molecule has 0 spiro atoms. The molecule has 0 saturated carbocycles. The lowest BCUT2D eigenvalue weighted by molar-refractivity contribution is -0.137. The fraction of sp³-hybridized carbons (Fsp3) is 0.300. The van der Waals surface area contributed by atoms with Crippen molar-refractivity contribution >= 4 is 48.8 Å². The molecule has 1 aliphatic heterocycles. The van der Waals surface area contributed by atoms with E-state index >= 15 is 0 Å². The van der Waals surface area contributed by atoms with Crippen molar-refractivity contribution in [3.05, 3.63) is 89.5 Å². The number of nitrogens with one attached hydrogen (secondary N) is 3. The molecule has 11 nitrogen and oxygen atoms in total. The number of Topliss-reactive ketones (excluding diaryl/α,β-unsaturated/α-hetero) is 2. The molecule has 2 unspecified atom stereocenters. The number of carbonyl (C=O) groups is 2. The van der Waals surface area contributed by atoms with Crippen LogP contribution in [0, 0.1) is 11.8 Å². The third-order valence-corrected chi connectivity index (χ3v) is 9.28. The summed E-state index contributed by atoms with van der Waals surface area (Å²) in [4.78, 5) is 34.1. The maximum Gasteiger partial charge on any atom is 0.286 e. The Morgan fingerprint density at radius 2 is 1.72 bits per heavy atom. The molecular formula is C30H32N4O7S2. The maximum absolute atomic E-state index is 14.6. The summed E-state index contributed by atoms with van der Waals surface area (Å²) in [5.41, 5.74) is 3.18. The number of hydrogen-bond donors (Lipinski definition) is 3. The van der Waals surface area contributed by atoms with E-state index in [1.54, 1.807) is 24.3 Å². The highest BCUT2D eigenvalue weighted by Crippen LogP contribution is 2.42. The molecule has 226 valence electrons. The first-order valence-electron chi connectivity index (χ1n) is 13.7. The molecule has 0 saturated heterocycles. The third-order valence-electron chi connectivity index (χ3n) is 7.34. The topological polar surface area (TPSA) is 160 Å². The Morgan fingerprint density at radius 3 is 2.42 bits per heavy atom. The van der Waals surface area contributed by atoms with Crippen LogP contribution in [-0.2, 0) is 41.8 Å². The Bertz CT molecular complexity index is 1820. The summed E-state index contributed by atoms with van der Waals surface area (Å²) in [7, 11) is -8.10. The van der Waals surface area contributed by atoms with Crippen LogP contribution in [0.4, 0.5) is 11.4 Å². The molecule has 1 aliphatic carbocycles. The summed E-state index contributed by atoms with van der Waals surface area (Å²) in [6, 6.07) is 20.0. The number of hydroxylamine groups is 1. The Balaban J connectivity index is 1.57. The molecule has 3 aromatic carbocycles. The van der Waals surface area contributed by atoms with Crippen LogP contribution >= 0.6 is 0 Å². The molecule has 0 bridgehead atoms. The van der Waals surface area contributed by atoms with E-state index in [-0.39, 0.29) is 46.6 Å². The molecule has 1 heterocycles. The van der Waals surface area contributed by atoms with Gasteiger partial charge in [-0.1, -0.05) is 68.4 Å². The highest BCUT2D eigenvalue weighted by atomic mass is 32.2. The maximum atomic E-state index is 14.6. The van der Waals surface area contributed by atoms with Crippen molar-refractivity contribution in [1.29, 1.82) is 0 Å². The van der Waals surface area contributed by atoms with Crippen LogP contribution in [0.5, 0.6) is 0 Å². The Hall–Kier alpha value is -3.91. The second-order valence-electron chi connectivity index (χ2n) is 11.1. The smallest absolute Gasteiger partial charge is 0.286 e. The highest BCUT2D eigenvalue weighted by molar-refractivity contribution is 7.92. The van der Waals surface area contributed by atoms with E-state index in [9.17, 15) is 26.4 Å². The summed E-state index contributed by atoms with van der Waals surface area (Å²) < 4.78 is 56.1. The van der Waals surface area contributed by atoms with Crippen LogP contribution < -0.4 is 15.5 Å². The first-order chi connectivity index (χ1) is 20.3. The van der Waals surface area contributed by atoms with Gasteiger partial charge in [-0.15, -0.1) is 4.40 Å². The van der Waals surface area contributed by atoms with Gasteiger partial charge in [0.15, 0.2) is 11.6 Å². The van der Waals surface area contributed by atoms with Gasteiger partial charge in [0.1, 0.15) is 22.2 Å². The third kappa shape index (κ3) is 6.25. The van der Waals surface area contributed by atoms with Gasteiger partial charge in [0.2, 0.25) is 10.0 Å². The normalized spacial score (nSPS) is 21.0. The van der Waals surface area contributed by atoms with Crippen LogP contribution in [0.2, 0.25) is 0 Å². The predicted molar refractivity (Wildman–Crippen MR) is 163 cm³/mol. The van der Waals surface area contributed by atoms with E-state index in [2.05, 4.69) is 19.9 Å². The second-order valence-corrected chi connectivity index (χ2v) is 14.4. The minimum absolute atomic E-state index is 0.0245. The molecular weight excluding hydrogens is 592 g/mol. The number of ketones is 2. The van der Waals surface area contributed by atoms with Crippen molar-refractivity contribution in [2.45, 2.75) is 43.7 Å². The molecule has 2 atom stereocenters. The van der Waals surface area contributed by atoms with Crippen molar-refractivity contribution in [2.75, 3.05) is 16.3 Å². The van der Waals surface area contributed by atoms with Gasteiger partial charge in [-0.05, 0) is 48.1 Å². The van der Waals surface area contributed by atoms with Gasteiger partial charge in [0.25, 0.3) is 10.0 Å². The Kier molecular flexibility index (Phi) is 8.27. The number of rotatable bonds is 10. The van der Waals surface area contributed by atoms with Crippen LogP contribution in [0.1, 0.15) is 48.2 Å².